The van der Waals surface area contributed by atoms with Crippen LogP contribution >= 0.6 is 0 Å². The lowest BCUT2D eigenvalue weighted by Crippen LogP contribution is -2.06. The Morgan fingerprint density at radius 3 is 2.04 bits per heavy atom. The summed E-state index contributed by atoms with van der Waals surface area (Å²) in [7, 11) is 0. The first-order valence-corrected chi connectivity index (χ1v) is 9.66. The van der Waals surface area contributed by atoms with E-state index >= 15 is 0 Å². The number of Topliss-reactive ketones (excluding diaryl/α,β-unsaturated/α-hetero) is 1. The molecule has 2 aromatic carbocycles. The van der Waals surface area contributed by atoms with Crippen molar-refractivity contribution in [1.82, 2.24) is 0 Å². The Hall–Kier alpha value is -2.62. The number of hydrogen-bond donors (Lipinski definition) is 1. The maximum absolute atomic E-state index is 12.3. The van der Waals surface area contributed by atoms with Crippen molar-refractivity contribution in [3.8, 4) is 11.5 Å². The molecule has 0 radical (unpaired) electrons. The second kappa shape index (κ2) is 9.91. The molecule has 1 N–H and O–H groups in total. The second-order valence-corrected chi connectivity index (χ2v) is 6.68. The molecule has 0 amide bonds. The molecule has 0 aliphatic carbocycles. The average Bonchev–Trinajstić information content (AvgIpc) is 2.64. The average molecular weight is 368 g/mol. The van der Waals surface area contributed by atoms with Crippen LogP contribution < -0.4 is 4.74 Å². The fourth-order valence-electron chi connectivity index (χ4n) is 3.18. The Kier molecular flexibility index (Phi) is 7.59. The SMILES string of the molecule is CCCc1cc(C(=O)CC)cc(CCC)c1Oc1ccccc1CC(=O)O. The van der Waals surface area contributed by atoms with Crippen molar-refractivity contribution in [3.05, 3.63) is 58.7 Å². The highest BCUT2D eigenvalue weighted by Gasteiger charge is 2.17. The van der Waals surface area contributed by atoms with Gasteiger partial charge in [-0.3, -0.25) is 9.59 Å². The molecule has 2 aromatic rings. The van der Waals surface area contributed by atoms with Crippen molar-refractivity contribution in [2.75, 3.05) is 0 Å². The van der Waals surface area contributed by atoms with E-state index in [-0.39, 0.29) is 12.2 Å². The molecular weight excluding hydrogens is 340 g/mol. The second-order valence-electron chi connectivity index (χ2n) is 6.68. The van der Waals surface area contributed by atoms with Crippen molar-refractivity contribution < 1.29 is 19.4 Å². The number of benzene rings is 2. The number of carbonyl (C=O) groups excluding carboxylic acids is 1. The van der Waals surface area contributed by atoms with Gasteiger partial charge in [0.05, 0.1) is 6.42 Å². The van der Waals surface area contributed by atoms with E-state index in [1.165, 1.54) is 0 Å². The zero-order chi connectivity index (χ0) is 19.8. The summed E-state index contributed by atoms with van der Waals surface area (Å²) in [5.74, 6) is 0.563. The monoisotopic (exact) mass is 368 g/mol. The van der Waals surface area contributed by atoms with Gasteiger partial charge in [0, 0.05) is 17.5 Å². The fourth-order valence-corrected chi connectivity index (χ4v) is 3.18. The zero-order valence-electron chi connectivity index (χ0n) is 16.4. The summed E-state index contributed by atoms with van der Waals surface area (Å²) in [6.45, 7) is 6.06. The Bertz CT molecular complexity index is 781. The molecule has 0 aliphatic heterocycles. The van der Waals surface area contributed by atoms with E-state index in [2.05, 4.69) is 13.8 Å². The smallest absolute Gasteiger partial charge is 0.307 e. The molecule has 0 atom stereocenters. The summed E-state index contributed by atoms with van der Waals surface area (Å²) >= 11 is 0. The molecule has 4 nitrogen and oxygen atoms in total. The molecule has 0 aliphatic rings. The van der Waals surface area contributed by atoms with Gasteiger partial charge in [-0.2, -0.15) is 0 Å². The van der Waals surface area contributed by atoms with Gasteiger partial charge in [-0.15, -0.1) is 0 Å². The van der Waals surface area contributed by atoms with Gasteiger partial charge >= 0.3 is 5.97 Å². The third-order valence-corrected chi connectivity index (χ3v) is 4.45. The molecule has 0 aromatic heterocycles. The van der Waals surface area contributed by atoms with E-state index in [0.717, 1.165) is 48.1 Å². The first-order valence-electron chi connectivity index (χ1n) is 9.66. The van der Waals surface area contributed by atoms with E-state index < -0.39 is 5.97 Å². The van der Waals surface area contributed by atoms with E-state index in [9.17, 15) is 9.59 Å². The highest BCUT2D eigenvalue weighted by Crippen LogP contribution is 2.34. The maximum Gasteiger partial charge on any atom is 0.307 e. The van der Waals surface area contributed by atoms with Crippen molar-refractivity contribution in [2.45, 2.75) is 59.3 Å². The molecule has 0 spiro atoms. The number of aliphatic carboxylic acids is 1. The van der Waals surface area contributed by atoms with E-state index in [0.29, 0.717) is 17.7 Å². The third-order valence-electron chi connectivity index (χ3n) is 4.45. The van der Waals surface area contributed by atoms with Crippen LogP contribution in [0.1, 0.15) is 67.1 Å². The lowest BCUT2D eigenvalue weighted by molar-refractivity contribution is -0.136. The highest BCUT2D eigenvalue weighted by atomic mass is 16.5. The largest absolute Gasteiger partial charge is 0.481 e. The number of aryl methyl sites for hydroxylation is 2. The van der Waals surface area contributed by atoms with Gasteiger partial charge in [-0.25, -0.2) is 0 Å². The first-order chi connectivity index (χ1) is 13.0. The molecule has 0 saturated carbocycles. The van der Waals surface area contributed by atoms with Crippen LogP contribution in [-0.2, 0) is 24.1 Å². The number of ether oxygens (including phenoxy) is 1. The summed E-state index contributed by atoms with van der Waals surface area (Å²) in [5.41, 5.74) is 3.38. The molecular formula is C23H28O4. The summed E-state index contributed by atoms with van der Waals surface area (Å²) in [6.07, 6.45) is 3.86. The minimum atomic E-state index is -0.891. The number of carboxylic acid groups (broad SMARTS) is 1. The molecule has 0 bridgehead atoms. The minimum Gasteiger partial charge on any atom is -0.481 e. The van der Waals surface area contributed by atoms with Crippen molar-refractivity contribution in [1.29, 1.82) is 0 Å². The molecule has 2 rings (SSSR count). The highest BCUT2D eigenvalue weighted by molar-refractivity contribution is 5.96. The topological polar surface area (TPSA) is 63.6 Å². The predicted molar refractivity (Wildman–Crippen MR) is 107 cm³/mol. The Balaban J connectivity index is 2.54. The van der Waals surface area contributed by atoms with Gasteiger partial charge < -0.3 is 9.84 Å². The minimum absolute atomic E-state index is 0.0885. The van der Waals surface area contributed by atoms with Crippen molar-refractivity contribution in [3.63, 3.8) is 0 Å². The number of rotatable bonds is 10. The summed E-state index contributed by atoms with van der Waals surface area (Å²) in [4.78, 5) is 23.4. The maximum atomic E-state index is 12.3. The lowest BCUT2D eigenvalue weighted by Gasteiger charge is -2.18. The van der Waals surface area contributed by atoms with Crippen LogP contribution in [0.2, 0.25) is 0 Å². The predicted octanol–water partition coefficient (Wildman–Crippen LogP) is 5.60. The van der Waals surface area contributed by atoms with Crippen LogP contribution in [0.3, 0.4) is 0 Å². The standard InChI is InChI=1S/C23H28O4/c1-4-9-17-13-19(20(24)6-3)14-18(10-5-2)23(17)27-21-12-8-7-11-16(21)15-22(25)26/h7-8,11-14H,4-6,9-10,15H2,1-3H3,(H,25,26). The van der Waals surface area contributed by atoms with Crippen LogP contribution in [0.25, 0.3) is 0 Å². The molecule has 0 fully saturated rings. The first kappa shape index (κ1) is 20.7. The fraction of sp³-hybridized carbons (Fsp3) is 0.391. The quantitative estimate of drug-likeness (QED) is 0.554. The molecule has 144 valence electrons. The van der Waals surface area contributed by atoms with Gasteiger partial charge in [0.1, 0.15) is 11.5 Å². The number of hydrogen-bond acceptors (Lipinski definition) is 3. The van der Waals surface area contributed by atoms with Crippen molar-refractivity contribution in [2.24, 2.45) is 0 Å². The van der Waals surface area contributed by atoms with Crippen LogP contribution in [0.15, 0.2) is 36.4 Å². The third kappa shape index (κ3) is 5.43. The van der Waals surface area contributed by atoms with Gasteiger partial charge in [0.2, 0.25) is 0 Å². The van der Waals surface area contributed by atoms with E-state index in [1.54, 1.807) is 12.1 Å². The Labute approximate surface area is 161 Å². The number of ketones is 1. The number of carbonyl (C=O) groups is 2. The zero-order valence-corrected chi connectivity index (χ0v) is 16.4. The van der Waals surface area contributed by atoms with Crippen LogP contribution in [-0.4, -0.2) is 16.9 Å². The summed E-state index contributed by atoms with van der Waals surface area (Å²) < 4.78 is 6.27. The van der Waals surface area contributed by atoms with Crippen molar-refractivity contribution >= 4 is 11.8 Å². The van der Waals surface area contributed by atoms with Gasteiger partial charge in [0.15, 0.2) is 5.78 Å². The normalized spacial score (nSPS) is 10.6. The lowest BCUT2D eigenvalue weighted by atomic mass is 9.95. The van der Waals surface area contributed by atoms with Crippen LogP contribution in [0, 0.1) is 0 Å². The van der Waals surface area contributed by atoms with Crippen LogP contribution in [0.5, 0.6) is 11.5 Å². The Morgan fingerprint density at radius 2 is 1.52 bits per heavy atom. The number of para-hydroxylation sites is 1. The molecule has 0 unspecified atom stereocenters. The van der Waals surface area contributed by atoms with E-state index in [4.69, 9.17) is 9.84 Å². The summed E-state index contributed by atoms with van der Waals surface area (Å²) in [5, 5.41) is 9.17. The van der Waals surface area contributed by atoms with Gasteiger partial charge in [0.25, 0.3) is 0 Å². The molecule has 27 heavy (non-hydrogen) atoms. The molecule has 4 heteroatoms. The molecule has 0 heterocycles. The Morgan fingerprint density at radius 1 is 0.926 bits per heavy atom. The van der Waals surface area contributed by atoms with Gasteiger partial charge in [-0.05, 0) is 42.2 Å². The van der Waals surface area contributed by atoms with E-state index in [1.807, 2.05) is 31.2 Å². The molecule has 0 saturated heterocycles. The number of carboxylic acids is 1. The summed E-state index contributed by atoms with van der Waals surface area (Å²) in [6, 6.07) is 11.1. The van der Waals surface area contributed by atoms with Gasteiger partial charge in [-0.1, -0.05) is 51.8 Å². The van der Waals surface area contributed by atoms with Crippen LogP contribution in [0.4, 0.5) is 0 Å².